The van der Waals surface area contributed by atoms with Crippen LogP contribution in [0.25, 0.3) is 0 Å². The van der Waals surface area contributed by atoms with E-state index < -0.39 is 0 Å². The van der Waals surface area contributed by atoms with E-state index in [0.717, 1.165) is 6.61 Å². The van der Waals surface area contributed by atoms with Crippen LogP contribution in [0.4, 0.5) is 0 Å². The van der Waals surface area contributed by atoms with Gasteiger partial charge in [-0.3, -0.25) is 0 Å². The molecule has 1 atom stereocenters. The van der Waals surface area contributed by atoms with Crippen molar-refractivity contribution >= 4 is 10.2 Å². The van der Waals surface area contributed by atoms with Crippen LogP contribution in [0.5, 0.6) is 0 Å². The maximum Gasteiger partial charge on any atom is 1.00 e. The maximum atomic E-state index is 5.87. The average molecular weight is 187 g/mol. The highest BCUT2D eigenvalue weighted by molar-refractivity contribution is 6.14. The third kappa shape index (κ3) is 3.28. The number of hydrogen-bond acceptors (Lipinski definition) is 1. The second kappa shape index (κ2) is 5.03. The van der Waals surface area contributed by atoms with Gasteiger partial charge in [0, 0.05) is 22.1 Å². The summed E-state index contributed by atoms with van der Waals surface area (Å²) in [5, 5.41) is 0.368. The Bertz CT molecular complexity index is 124. The lowest BCUT2D eigenvalue weighted by molar-refractivity contribution is -0.0239. The van der Waals surface area contributed by atoms with Gasteiger partial charge in [0.2, 0.25) is 0 Å². The summed E-state index contributed by atoms with van der Waals surface area (Å²) in [6, 6.07) is 0. The Morgan fingerprint density at radius 2 is 2.25 bits per heavy atom. The van der Waals surface area contributed by atoms with Crippen molar-refractivity contribution in [3.05, 3.63) is 0 Å². The quantitative estimate of drug-likeness (QED) is 0.483. The third-order valence-electron chi connectivity index (χ3n) is 2.86. The van der Waals surface area contributed by atoms with E-state index in [0.29, 0.717) is 5.22 Å². The van der Waals surface area contributed by atoms with Crippen LogP contribution < -0.4 is 0 Å². The molecule has 1 rings (SSSR count). The molecule has 1 aliphatic heterocycles. The largest absolute Gasteiger partial charge is 1.00 e. The molecule has 2 heteroatoms. The summed E-state index contributed by atoms with van der Waals surface area (Å²) in [6.07, 6.45) is 9.44. The molecular formula is C10H23OSi+. The number of hydrogen-bond donors (Lipinski definition) is 0. The van der Waals surface area contributed by atoms with Gasteiger partial charge in [-0.15, -0.1) is 0 Å². The highest BCUT2D eigenvalue weighted by Gasteiger charge is 2.26. The van der Waals surface area contributed by atoms with Crippen LogP contribution in [0.1, 0.15) is 53.3 Å². The monoisotopic (exact) mass is 187 g/mol. The van der Waals surface area contributed by atoms with Crippen LogP contribution in [0.15, 0.2) is 0 Å². The fraction of sp³-hybridized carbons (Fsp3) is 1.00. The second-order valence-electron chi connectivity index (χ2n) is 4.21. The highest BCUT2D eigenvalue weighted by atomic mass is 28.1. The smallest absolute Gasteiger partial charge is 0.380 e. The summed E-state index contributed by atoms with van der Waals surface area (Å²) in [7, 11) is 1.22. The minimum atomic E-state index is 0. The first-order valence-electron chi connectivity index (χ1n) is 5.41. The SMILES string of the molecule is CCCCCC1([SiH3])CCCCO1.[H+]. The first-order valence-corrected chi connectivity index (χ1v) is 6.41. The Morgan fingerprint density at radius 1 is 1.42 bits per heavy atom. The molecule has 0 radical (unpaired) electrons. The van der Waals surface area contributed by atoms with Gasteiger partial charge in [0.05, 0.1) is 0 Å². The minimum absolute atomic E-state index is 0. The molecule has 72 valence electrons. The molecule has 1 heterocycles. The third-order valence-corrected chi connectivity index (χ3v) is 4.15. The van der Waals surface area contributed by atoms with Gasteiger partial charge in [-0.2, -0.15) is 0 Å². The zero-order valence-electron chi connectivity index (χ0n) is 9.57. The zero-order chi connectivity index (χ0) is 8.86. The summed E-state index contributed by atoms with van der Waals surface area (Å²) in [5.41, 5.74) is 0. The lowest BCUT2D eigenvalue weighted by Crippen LogP contribution is -2.36. The lowest BCUT2D eigenvalue weighted by atomic mass is 10.0. The first kappa shape index (κ1) is 10.3. The van der Waals surface area contributed by atoms with Gasteiger partial charge in [0.1, 0.15) is 0 Å². The van der Waals surface area contributed by atoms with Crippen molar-refractivity contribution in [2.45, 2.75) is 57.1 Å². The van der Waals surface area contributed by atoms with Crippen molar-refractivity contribution in [3.63, 3.8) is 0 Å². The van der Waals surface area contributed by atoms with E-state index in [1.165, 1.54) is 55.2 Å². The number of unbranched alkanes of at least 4 members (excludes halogenated alkanes) is 2. The molecule has 0 N–H and O–H groups in total. The van der Waals surface area contributed by atoms with Gasteiger partial charge < -0.3 is 4.74 Å². The van der Waals surface area contributed by atoms with E-state index in [4.69, 9.17) is 4.74 Å². The van der Waals surface area contributed by atoms with Gasteiger partial charge >= 0.3 is 1.43 Å². The predicted molar refractivity (Wildman–Crippen MR) is 57.7 cm³/mol. The Kier molecular flexibility index (Phi) is 4.30. The number of rotatable bonds is 4. The molecule has 0 saturated carbocycles. The van der Waals surface area contributed by atoms with Gasteiger partial charge in [-0.25, -0.2) is 0 Å². The Labute approximate surface area is 80.8 Å². The van der Waals surface area contributed by atoms with E-state index in [1.54, 1.807) is 0 Å². The molecule has 1 saturated heterocycles. The van der Waals surface area contributed by atoms with E-state index in [-0.39, 0.29) is 1.43 Å². The molecule has 1 unspecified atom stereocenters. The zero-order valence-corrected chi connectivity index (χ0v) is 10.6. The second-order valence-corrected chi connectivity index (χ2v) is 6.04. The van der Waals surface area contributed by atoms with E-state index in [9.17, 15) is 0 Å². The Morgan fingerprint density at radius 3 is 2.83 bits per heavy atom. The molecule has 0 bridgehead atoms. The molecule has 1 aliphatic rings. The normalized spacial score (nSPS) is 30.8. The molecule has 1 fully saturated rings. The standard InChI is InChI=1S/C10H22OSi/c1-2-3-4-7-10(12)8-5-6-9-11-10/h2-9H2,1,12H3/p+1. The van der Waals surface area contributed by atoms with Gasteiger partial charge in [0.25, 0.3) is 0 Å². The summed E-state index contributed by atoms with van der Waals surface area (Å²) < 4.78 is 5.87. The average Bonchev–Trinajstić information content (AvgIpc) is 2.06. The van der Waals surface area contributed by atoms with Crippen LogP contribution in [-0.4, -0.2) is 22.1 Å². The summed E-state index contributed by atoms with van der Waals surface area (Å²) in [5.74, 6) is 0. The topological polar surface area (TPSA) is 9.23 Å². The lowest BCUT2D eigenvalue weighted by Gasteiger charge is -2.34. The molecule has 0 aliphatic carbocycles. The molecular weight excluding hydrogens is 164 g/mol. The van der Waals surface area contributed by atoms with Crippen LogP contribution in [0, 0.1) is 0 Å². The van der Waals surface area contributed by atoms with Gasteiger partial charge in [-0.05, 0) is 25.7 Å². The molecule has 1 nitrogen and oxygen atoms in total. The van der Waals surface area contributed by atoms with Gasteiger partial charge in [0.15, 0.2) is 0 Å². The fourth-order valence-corrected chi connectivity index (χ4v) is 2.85. The highest BCUT2D eigenvalue weighted by Crippen LogP contribution is 2.26. The van der Waals surface area contributed by atoms with Crippen molar-refractivity contribution in [2.75, 3.05) is 6.61 Å². The van der Waals surface area contributed by atoms with Crippen LogP contribution in [0.3, 0.4) is 0 Å². The molecule has 0 aromatic carbocycles. The van der Waals surface area contributed by atoms with Crippen LogP contribution in [-0.2, 0) is 4.74 Å². The summed E-state index contributed by atoms with van der Waals surface area (Å²) >= 11 is 0. The Balaban J connectivity index is 0.00000144. The van der Waals surface area contributed by atoms with E-state index in [1.807, 2.05) is 0 Å². The molecule has 0 spiro atoms. The first-order chi connectivity index (χ1) is 5.77. The van der Waals surface area contributed by atoms with Crippen molar-refractivity contribution in [3.8, 4) is 0 Å². The van der Waals surface area contributed by atoms with Crippen molar-refractivity contribution in [1.29, 1.82) is 0 Å². The predicted octanol–water partition coefficient (Wildman–Crippen LogP) is 1.94. The van der Waals surface area contributed by atoms with Crippen LogP contribution in [0.2, 0.25) is 0 Å². The van der Waals surface area contributed by atoms with Crippen molar-refractivity contribution < 1.29 is 6.16 Å². The molecule has 12 heavy (non-hydrogen) atoms. The minimum Gasteiger partial charge on any atom is -0.380 e. The summed E-state index contributed by atoms with van der Waals surface area (Å²) in [6.45, 7) is 3.29. The van der Waals surface area contributed by atoms with Crippen LogP contribution >= 0.6 is 0 Å². The molecule has 0 aromatic heterocycles. The van der Waals surface area contributed by atoms with Crippen molar-refractivity contribution in [1.82, 2.24) is 0 Å². The van der Waals surface area contributed by atoms with Gasteiger partial charge in [-0.1, -0.05) is 26.2 Å². The van der Waals surface area contributed by atoms with E-state index in [2.05, 4.69) is 6.92 Å². The van der Waals surface area contributed by atoms with Crippen molar-refractivity contribution in [2.24, 2.45) is 0 Å². The summed E-state index contributed by atoms with van der Waals surface area (Å²) in [4.78, 5) is 0. The Hall–Kier alpha value is 0.177. The fourth-order valence-electron chi connectivity index (χ4n) is 1.94. The maximum absolute atomic E-state index is 5.87. The molecule has 0 amide bonds. The number of ether oxygens (including phenoxy) is 1. The van der Waals surface area contributed by atoms with E-state index >= 15 is 0 Å². The molecule has 0 aromatic rings.